The molecule has 1 heterocycles. The molecule has 0 radical (unpaired) electrons. The minimum atomic E-state index is -0.124. The molecule has 1 saturated carbocycles. The molecule has 1 aromatic carbocycles. The summed E-state index contributed by atoms with van der Waals surface area (Å²) in [6, 6.07) is 8.29. The Kier molecular flexibility index (Phi) is 6.56. The summed E-state index contributed by atoms with van der Waals surface area (Å²) in [5.74, 6) is 0.745. The highest BCUT2D eigenvalue weighted by molar-refractivity contribution is 5.89. The second kappa shape index (κ2) is 9.09. The predicted octanol–water partition coefficient (Wildman–Crippen LogP) is 4.00. The lowest BCUT2D eigenvalue weighted by Crippen LogP contribution is -2.51. The number of likely N-dealkylation sites (tertiary alicyclic amines) is 1. The van der Waals surface area contributed by atoms with E-state index in [1.54, 1.807) is 7.11 Å². The van der Waals surface area contributed by atoms with Crippen LogP contribution in [-0.4, -0.2) is 43.2 Å². The number of nitrogens with zero attached hydrogens (tertiary/aromatic N) is 1. The molecule has 2 fully saturated rings. The third-order valence-electron chi connectivity index (χ3n) is 5.46. The SMILES string of the molecule is COc1cccc(NC(=O)N[C@H]2CCCN(C3CCCCCC3)C2)c1. The predicted molar refractivity (Wildman–Crippen MR) is 101 cm³/mol. The van der Waals surface area contributed by atoms with Crippen molar-refractivity contribution in [2.24, 2.45) is 0 Å². The molecule has 1 aliphatic carbocycles. The third kappa shape index (κ3) is 5.36. The number of anilines is 1. The highest BCUT2D eigenvalue weighted by atomic mass is 16.5. The summed E-state index contributed by atoms with van der Waals surface area (Å²) in [5.41, 5.74) is 0.758. The van der Waals surface area contributed by atoms with Gasteiger partial charge in [-0.2, -0.15) is 0 Å². The van der Waals surface area contributed by atoms with Crippen LogP contribution in [0.25, 0.3) is 0 Å². The van der Waals surface area contributed by atoms with Gasteiger partial charge in [0.1, 0.15) is 5.75 Å². The number of hydrogen-bond acceptors (Lipinski definition) is 3. The Morgan fingerprint density at radius 3 is 2.68 bits per heavy atom. The van der Waals surface area contributed by atoms with Gasteiger partial charge in [-0.25, -0.2) is 4.79 Å². The van der Waals surface area contributed by atoms with Crippen LogP contribution in [0.3, 0.4) is 0 Å². The Morgan fingerprint density at radius 1 is 1.12 bits per heavy atom. The summed E-state index contributed by atoms with van der Waals surface area (Å²) in [7, 11) is 1.63. The summed E-state index contributed by atoms with van der Waals surface area (Å²) < 4.78 is 5.20. The first-order valence-corrected chi connectivity index (χ1v) is 9.70. The maximum absolute atomic E-state index is 12.3. The van der Waals surface area contributed by atoms with Gasteiger partial charge in [0.2, 0.25) is 0 Å². The molecule has 2 N–H and O–H groups in total. The summed E-state index contributed by atoms with van der Waals surface area (Å²) in [6.07, 6.45) is 10.4. The molecule has 5 heteroatoms. The normalized spacial score (nSPS) is 22.8. The van der Waals surface area contributed by atoms with Crippen molar-refractivity contribution in [2.75, 3.05) is 25.5 Å². The van der Waals surface area contributed by atoms with Gasteiger partial charge in [0.15, 0.2) is 0 Å². The molecule has 138 valence electrons. The van der Waals surface area contributed by atoms with Crippen molar-refractivity contribution in [1.82, 2.24) is 10.2 Å². The monoisotopic (exact) mass is 345 g/mol. The van der Waals surface area contributed by atoms with E-state index >= 15 is 0 Å². The average Bonchev–Trinajstić information content (AvgIpc) is 2.91. The van der Waals surface area contributed by atoms with Crippen molar-refractivity contribution >= 4 is 11.7 Å². The molecule has 0 aromatic heterocycles. The van der Waals surface area contributed by atoms with Crippen LogP contribution in [0, 0.1) is 0 Å². The highest BCUT2D eigenvalue weighted by Crippen LogP contribution is 2.25. The van der Waals surface area contributed by atoms with Crippen LogP contribution >= 0.6 is 0 Å². The molecule has 0 spiro atoms. The van der Waals surface area contributed by atoms with E-state index in [1.807, 2.05) is 24.3 Å². The minimum Gasteiger partial charge on any atom is -0.497 e. The molecular weight excluding hydrogens is 314 g/mol. The van der Waals surface area contributed by atoms with Gasteiger partial charge in [-0.15, -0.1) is 0 Å². The van der Waals surface area contributed by atoms with Crippen molar-refractivity contribution in [2.45, 2.75) is 63.5 Å². The van der Waals surface area contributed by atoms with Crippen LogP contribution in [-0.2, 0) is 0 Å². The van der Waals surface area contributed by atoms with Crippen LogP contribution in [0.2, 0.25) is 0 Å². The molecule has 3 rings (SSSR count). The number of methoxy groups -OCH3 is 1. The lowest BCUT2D eigenvalue weighted by atomic mass is 10.00. The van der Waals surface area contributed by atoms with E-state index in [-0.39, 0.29) is 12.1 Å². The van der Waals surface area contributed by atoms with E-state index in [1.165, 1.54) is 51.5 Å². The molecule has 2 aliphatic rings. The number of amides is 2. The zero-order valence-corrected chi connectivity index (χ0v) is 15.3. The number of ether oxygens (including phenoxy) is 1. The number of carbonyl (C=O) groups excluding carboxylic acids is 1. The van der Waals surface area contributed by atoms with Crippen molar-refractivity contribution < 1.29 is 9.53 Å². The Hall–Kier alpha value is -1.75. The lowest BCUT2D eigenvalue weighted by Gasteiger charge is -2.38. The van der Waals surface area contributed by atoms with E-state index in [0.717, 1.165) is 24.4 Å². The second-order valence-corrected chi connectivity index (χ2v) is 7.31. The number of piperidine rings is 1. The van der Waals surface area contributed by atoms with Crippen LogP contribution < -0.4 is 15.4 Å². The van der Waals surface area contributed by atoms with Crippen molar-refractivity contribution in [3.05, 3.63) is 24.3 Å². The van der Waals surface area contributed by atoms with E-state index in [4.69, 9.17) is 4.74 Å². The van der Waals surface area contributed by atoms with Gasteiger partial charge in [0.05, 0.1) is 7.11 Å². The number of rotatable bonds is 4. The average molecular weight is 345 g/mol. The van der Waals surface area contributed by atoms with Crippen molar-refractivity contribution in [3.8, 4) is 5.75 Å². The molecule has 1 saturated heterocycles. The molecule has 1 atom stereocenters. The smallest absolute Gasteiger partial charge is 0.319 e. The van der Waals surface area contributed by atoms with Crippen LogP contribution in [0.5, 0.6) is 5.75 Å². The molecule has 25 heavy (non-hydrogen) atoms. The van der Waals surface area contributed by atoms with Gasteiger partial charge in [0, 0.05) is 30.4 Å². The largest absolute Gasteiger partial charge is 0.497 e. The zero-order valence-electron chi connectivity index (χ0n) is 15.3. The fourth-order valence-corrected chi connectivity index (χ4v) is 4.13. The van der Waals surface area contributed by atoms with E-state index in [0.29, 0.717) is 6.04 Å². The molecular formula is C20H31N3O2. The zero-order chi connectivity index (χ0) is 17.5. The van der Waals surface area contributed by atoms with Crippen molar-refractivity contribution in [3.63, 3.8) is 0 Å². The lowest BCUT2D eigenvalue weighted by molar-refractivity contribution is 0.128. The summed E-state index contributed by atoms with van der Waals surface area (Å²) in [5, 5.41) is 6.08. The molecule has 0 unspecified atom stereocenters. The number of nitrogens with one attached hydrogen (secondary N) is 2. The first kappa shape index (κ1) is 18.1. The maximum atomic E-state index is 12.3. The second-order valence-electron chi connectivity index (χ2n) is 7.31. The molecule has 1 aliphatic heterocycles. The fraction of sp³-hybridized carbons (Fsp3) is 0.650. The highest BCUT2D eigenvalue weighted by Gasteiger charge is 2.27. The van der Waals surface area contributed by atoms with Gasteiger partial charge in [-0.05, 0) is 44.4 Å². The first-order valence-electron chi connectivity index (χ1n) is 9.70. The summed E-state index contributed by atoms with van der Waals surface area (Å²) in [6.45, 7) is 2.16. The Bertz CT molecular complexity index is 556. The number of carbonyl (C=O) groups is 1. The fourth-order valence-electron chi connectivity index (χ4n) is 4.13. The summed E-state index contributed by atoms with van der Waals surface area (Å²) in [4.78, 5) is 15.0. The summed E-state index contributed by atoms with van der Waals surface area (Å²) >= 11 is 0. The van der Waals surface area contributed by atoms with Gasteiger partial charge in [-0.3, -0.25) is 4.90 Å². The maximum Gasteiger partial charge on any atom is 0.319 e. The van der Waals surface area contributed by atoms with Crippen molar-refractivity contribution in [1.29, 1.82) is 0 Å². The third-order valence-corrected chi connectivity index (χ3v) is 5.46. The van der Waals surface area contributed by atoms with Crippen LogP contribution in [0.1, 0.15) is 51.4 Å². The van der Waals surface area contributed by atoms with Gasteiger partial charge in [0.25, 0.3) is 0 Å². The van der Waals surface area contributed by atoms with Gasteiger partial charge < -0.3 is 15.4 Å². The Morgan fingerprint density at radius 2 is 1.92 bits per heavy atom. The van der Waals surface area contributed by atoms with E-state index < -0.39 is 0 Å². The number of benzene rings is 1. The van der Waals surface area contributed by atoms with E-state index in [9.17, 15) is 4.79 Å². The molecule has 0 bridgehead atoms. The Labute approximate surface area is 151 Å². The topological polar surface area (TPSA) is 53.6 Å². The first-order chi connectivity index (χ1) is 12.2. The van der Waals surface area contributed by atoms with E-state index in [2.05, 4.69) is 15.5 Å². The Balaban J connectivity index is 1.50. The molecule has 5 nitrogen and oxygen atoms in total. The standard InChI is InChI=1S/C20H31N3O2/c1-25-19-12-6-8-16(14-19)21-20(24)22-17-9-7-13-23(15-17)18-10-4-2-3-5-11-18/h6,8,12,14,17-18H,2-5,7,9-11,13,15H2,1H3,(H2,21,22,24)/t17-/m0/s1. The molecule has 2 amide bonds. The number of urea groups is 1. The van der Waals surface area contributed by atoms with Gasteiger partial charge in [-0.1, -0.05) is 31.7 Å². The quantitative estimate of drug-likeness (QED) is 0.811. The van der Waals surface area contributed by atoms with Crippen LogP contribution in [0.4, 0.5) is 10.5 Å². The number of hydrogen-bond donors (Lipinski definition) is 2. The van der Waals surface area contributed by atoms with Crippen LogP contribution in [0.15, 0.2) is 24.3 Å². The van der Waals surface area contributed by atoms with Gasteiger partial charge >= 0.3 is 6.03 Å². The minimum absolute atomic E-state index is 0.124. The molecule has 1 aromatic rings.